The fourth-order valence-corrected chi connectivity index (χ4v) is 1.92. The Morgan fingerprint density at radius 1 is 1.11 bits per heavy atom. The zero-order valence-corrected chi connectivity index (χ0v) is 12.2. The normalized spacial score (nSPS) is 10.4. The zero-order chi connectivity index (χ0) is 13.9. The third kappa shape index (κ3) is 6.32. The van der Waals surface area contributed by atoms with Crippen LogP contribution in [0, 0.1) is 0 Å². The Morgan fingerprint density at radius 3 is 2.58 bits per heavy atom. The summed E-state index contributed by atoms with van der Waals surface area (Å²) in [6.07, 6.45) is 7.79. The van der Waals surface area contributed by atoms with Crippen molar-refractivity contribution in [2.75, 3.05) is 24.2 Å². The minimum Gasteiger partial charge on any atom is -0.476 e. The molecule has 3 N–H and O–H groups in total. The molecular formula is C15H27N3O. The first-order valence-corrected chi connectivity index (χ1v) is 7.41. The van der Waals surface area contributed by atoms with Crippen molar-refractivity contribution in [2.24, 2.45) is 0 Å². The number of nitrogens with two attached hydrogens (primary N) is 1. The Bertz CT molecular complexity index is 355. The molecule has 0 saturated carbocycles. The lowest BCUT2D eigenvalue weighted by Gasteiger charge is -2.09. The van der Waals surface area contributed by atoms with Gasteiger partial charge >= 0.3 is 0 Å². The molecule has 1 aromatic heterocycles. The summed E-state index contributed by atoms with van der Waals surface area (Å²) in [4.78, 5) is 4.35. The van der Waals surface area contributed by atoms with Crippen LogP contribution < -0.4 is 15.8 Å². The molecule has 19 heavy (non-hydrogen) atoms. The van der Waals surface area contributed by atoms with Gasteiger partial charge in [0.25, 0.3) is 0 Å². The van der Waals surface area contributed by atoms with E-state index in [4.69, 9.17) is 10.5 Å². The van der Waals surface area contributed by atoms with Gasteiger partial charge in [0.05, 0.1) is 12.3 Å². The number of nitrogens with zero attached hydrogens (tertiary/aromatic N) is 1. The van der Waals surface area contributed by atoms with Crippen LogP contribution in [0.25, 0.3) is 0 Å². The predicted molar refractivity (Wildman–Crippen MR) is 81.7 cm³/mol. The van der Waals surface area contributed by atoms with Crippen molar-refractivity contribution in [2.45, 2.75) is 52.4 Å². The summed E-state index contributed by atoms with van der Waals surface area (Å²) in [5.74, 6) is 1.36. The lowest BCUT2D eigenvalue weighted by Crippen LogP contribution is -2.06. The molecule has 4 heteroatoms. The number of anilines is 2. The van der Waals surface area contributed by atoms with Gasteiger partial charge in [-0.15, -0.1) is 0 Å². The number of nitrogens with one attached hydrogen (secondary N) is 1. The molecule has 0 aromatic carbocycles. The number of hydrogen-bond donors (Lipinski definition) is 2. The van der Waals surface area contributed by atoms with E-state index in [-0.39, 0.29) is 0 Å². The Labute approximate surface area is 116 Å². The summed E-state index contributed by atoms with van der Waals surface area (Å²) in [6.45, 7) is 5.70. The molecule has 0 saturated heterocycles. The second-order valence-corrected chi connectivity index (χ2v) is 4.72. The van der Waals surface area contributed by atoms with Crippen molar-refractivity contribution in [3.05, 3.63) is 12.1 Å². The maximum absolute atomic E-state index is 5.78. The number of nitrogen functional groups attached to an aromatic ring is 1. The van der Waals surface area contributed by atoms with Gasteiger partial charge in [0.1, 0.15) is 5.82 Å². The van der Waals surface area contributed by atoms with E-state index < -0.39 is 0 Å². The molecule has 0 aliphatic carbocycles. The maximum atomic E-state index is 5.78. The second kappa shape index (κ2) is 9.48. The van der Waals surface area contributed by atoms with E-state index in [2.05, 4.69) is 17.2 Å². The number of unbranched alkanes of at least 4 members (excludes halogenated alkanes) is 5. The topological polar surface area (TPSA) is 60.2 Å². The highest BCUT2D eigenvalue weighted by Crippen LogP contribution is 2.20. The highest BCUT2D eigenvalue weighted by atomic mass is 16.5. The van der Waals surface area contributed by atoms with Crippen LogP contribution in [0.5, 0.6) is 5.88 Å². The predicted octanol–water partition coefficient (Wildman–Crippen LogP) is 3.83. The quantitative estimate of drug-likeness (QED) is 0.631. The number of hydrogen-bond acceptors (Lipinski definition) is 4. The molecule has 1 rings (SSSR count). The Balaban J connectivity index is 2.23. The van der Waals surface area contributed by atoms with Crippen molar-refractivity contribution >= 4 is 11.5 Å². The van der Waals surface area contributed by atoms with Gasteiger partial charge in [-0.3, -0.25) is 0 Å². The Hall–Kier alpha value is -1.45. The van der Waals surface area contributed by atoms with Gasteiger partial charge in [-0.2, -0.15) is 4.98 Å². The Kier molecular flexibility index (Phi) is 7.78. The summed E-state index contributed by atoms with van der Waals surface area (Å²) in [5, 5.41) is 3.31. The molecule has 0 fully saturated rings. The minimum atomic E-state index is 0.524. The highest BCUT2D eigenvalue weighted by Gasteiger charge is 2.03. The van der Waals surface area contributed by atoms with Crippen LogP contribution in [0.3, 0.4) is 0 Å². The molecule has 0 unspecified atom stereocenters. The standard InChI is InChI=1S/C15H27N3O/c1-3-5-6-7-8-9-12-17-14-11-10-13(16)15(18-14)19-4-2/h10-11H,3-9,12,16H2,1-2H3,(H,17,18). The lowest BCUT2D eigenvalue weighted by molar-refractivity contribution is 0.329. The first kappa shape index (κ1) is 15.6. The lowest BCUT2D eigenvalue weighted by atomic mass is 10.1. The smallest absolute Gasteiger partial charge is 0.239 e. The van der Waals surface area contributed by atoms with Crippen LogP contribution in [-0.2, 0) is 0 Å². The molecule has 0 bridgehead atoms. The van der Waals surface area contributed by atoms with E-state index in [1.54, 1.807) is 0 Å². The van der Waals surface area contributed by atoms with Gasteiger partial charge in [0.2, 0.25) is 5.88 Å². The number of rotatable bonds is 10. The molecular weight excluding hydrogens is 238 g/mol. The number of ether oxygens (including phenoxy) is 1. The van der Waals surface area contributed by atoms with Gasteiger partial charge < -0.3 is 15.8 Å². The van der Waals surface area contributed by atoms with Gasteiger partial charge in [-0.05, 0) is 25.5 Å². The average Bonchev–Trinajstić information content (AvgIpc) is 2.41. The third-order valence-corrected chi connectivity index (χ3v) is 3.01. The Morgan fingerprint density at radius 2 is 1.84 bits per heavy atom. The van der Waals surface area contributed by atoms with E-state index in [0.29, 0.717) is 18.2 Å². The molecule has 0 atom stereocenters. The van der Waals surface area contributed by atoms with Crippen LogP contribution in [0.1, 0.15) is 52.4 Å². The fourth-order valence-electron chi connectivity index (χ4n) is 1.92. The van der Waals surface area contributed by atoms with E-state index in [1.807, 2.05) is 19.1 Å². The molecule has 0 amide bonds. The second-order valence-electron chi connectivity index (χ2n) is 4.72. The van der Waals surface area contributed by atoms with Gasteiger partial charge in [0.15, 0.2) is 0 Å². The molecule has 1 aromatic rings. The highest BCUT2D eigenvalue weighted by molar-refractivity contribution is 5.53. The van der Waals surface area contributed by atoms with Crippen LogP contribution in [0.15, 0.2) is 12.1 Å². The van der Waals surface area contributed by atoms with Crippen LogP contribution in [-0.4, -0.2) is 18.1 Å². The zero-order valence-electron chi connectivity index (χ0n) is 12.2. The fraction of sp³-hybridized carbons (Fsp3) is 0.667. The maximum Gasteiger partial charge on any atom is 0.239 e. The molecule has 0 aliphatic rings. The molecule has 108 valence electrons. The van der Waals surface area contributed by atoms with Crippen molar-refractivity contribution in [3.8, 4) is 5.88 Å². The van der Waals surface area contributed by atoms with Gasteiger partial charge in [-0.25, -0.2) is 0 Å². The van der Waals surface area contributed by atoms with Crippen LogP contribution >= 0.6 is 0 Å². The van der Waals surface area contributed by atoms with Crippen molar-refractivity contribution < 1.29 is 4.74 Å². The first-order valence-electron chi connectivity index (χ1n) is 7.41. The van der Waals surface area contributed by atoms with Gasteiger partial charge in [0, 0.05) is 6.54 Å². The van der Waals surface area contributed by atoms with Crippen molar-refractivity contribution in [1.82, 2.24) is 4.98 Å². The molecule has 0 spiro atoms. The van der Waals surface area contributed by atoms with Gasteiger partial charge in [-0.1, -0.05) is 39.0 Å². The first-order chi connectivity index (χ1) is 9.27. The minimum absolute atomic E-state index is 0.524. The SMILES string of the molecule is CCCCCCCCNc1ccc(N)c(OCC)n1. The molecule has 4 nitrogen and oxygen atoms in total. The van der Waals surface area contributed by atoms with E-state index >= 15 is 0 Å². The van der Waals surface area contributed by atoms with E-state index in [0.717, 1.165) is 12.4 Å². The number of aromatic nitrogens is 1. The molecule has 1 heterocycles. The monoisotopic (exact) mass is 265 g/mol. The summed E-state index contributed by atoms with van der Waals surface area (Å²) < 4.78 is 5.37. The van der Waals surface area contributed by atoms with E-state index in [1.165, 1.54) is 38.5 Å². The van der Waals surface area contributed by atoms with Crippen molar-refractivity contribution in [1.29, 1.82) is 0 Å². The van der Waals surface area contributed by atoms with Crippen LogP contribution in [0.4, 0.5) is 11.5 Å². The van der Waals surface area contributed by atoms with Crippen molar-refractivity contribution in [3.63, 3.8) is 0 Å². The summed E-state index contributed by atoms with van der Waals surface area (Å²) in [6, 6.07) is 3.73. The third-order valence-electron chi connectivity index (χ3n) is 3.01. The summed E-state index contributed by atoms with van der Waals surface area (Å²) >= 11 is 0. The number of pyridine rings is 1. The van der Waals surface area contributed by atoms with Crippen LogP contribution in [0.2, 0.25) is 0 Å². The average molecular weight is 265 g/mol. The van der Waals surface area contributed by atoms with E-state index in [9.17, 15) is 0 Å². The molecule has 0 radical (unpaired) electrons. The largest absolute Gasteiger partial charge is 0.476 e. The molecule has 0 aliphatic heterocycles. The summed E-state index contributed by atoms with van der Waals surface area (Å²) in [5.41, 5.74) is 6.37. The summed E-state index contributed by atoms with van der Waals surface area (Å²) in [7, 11) is 0.